The number of carbonyl (C=O) groups excluding carboxylic acids is 1. The summed E-state index contributed by atoms with van der Waals surface area (Å²) >= 11 is 0. The van der Waals surface area contributed by atoms with Crippen molar-refractivity contribution in [1.29, 1.82) is 0 Å². The molecule has 7 nitrogen and oxygen atoms in total. The van der Waals surface area contributed by atoms with Crippen LogP contribution in [0.5, 0.6) is 5.75 Å². The lowest BCUT2D eigenvalue weighted by Crippen LogP contribution is -2.27. The van der Waals surface area contributed by atoms with E-state index >= 15 is 0 Å². The van der Waals surface area contributed by atoms with Crippen molar-refractivity contribution in [3.63, 3.8) is 0 Å². The summed E-state index contributed by atoms with van der Waals surface area (Å²) in [6.45, 7) is 2.97. The van der Waals surface area contributed by atoms with E-state index < -0.39 is 0 Å². The Bertz CT molecular complexity index is 625. The molecule has 2 N–H and O–H groups in total. The smallest absolute Gasteiger partial charge is 0.246 e. The summed E-state index contributed by atoms with van der Waals surface area (Å²) in [5.74, 6) is 1.65. The monoisotopic (exact) mass is 318 g/mol. The van der Waals surface area contributed by atoms with Crippen LogP contribution in [0.3, 0.4) is 0 Å². The molecule has 2 rings (SSSR count). The van der Waals surface area contributed by atoms with E-state index in [9.17, 15) is 4.79 Å². The summed E-state index contributed by atoms with van der Waals surface area (Å²) in [5, 5.41) is 3.95. The van der Waals surface area contributed by atoms with Crippen LogP contribution in [-0.2, 0) is 17.8 Å². The van der Waals surface area contributed by atoms with Gasteiger partial charge in [0.05, 0.1) is 13.7 Å². The molecule has 0 radical (unpaired) electrons. The first kappa shape index (κ1) is 16.8. The number of rotatable bonds is 9. The van der Waals surface area contributed by atoms with Gasteiger partial charge in [0.25, 0.3) is 0 Å². The zero-order chi connectivity index (χ0) is 16.7. The van der Waals surface area contributed by atoms with Crippen molar-refractivity contribution >= 4 is 11.6 Å². The van der Waals surface area contributed by atoms with Crippen molar-refractivity contribution in [3.05, 3.63) is 36.0 Å². The van der Waals surface area contributed by atoms with Crippen LogP contribution in [0.1, 0.15) is 31.5 Å². The summed E-state index contributed by atoms with van der Waals surface area (Å²) in [7, 11) is 1.62. The first-order valence-corrected chi connectivity index (χ1v) is 7.61. The summed E-state index contributed by atoms with van der Waals surface area (Å²) < 4.78 is 10.4. The van der Waals surface area contributed by atoms with E-state index in [0.717, 1.165) is 24.3 Å². The van der Waals surface area contributed by atoms with E-state index in [1.54, 1.807) is 7.11 Å². The molecule has 23 heavy (non-hydrogen) atoms. The van der Waals surface area contributed by atoms with Gasteiger partial charge in [0.2, 0.25) is 11.8 Å². The Hall–Kier alpha value is -2.57. The molecule has 1 amide bonds. The molecule has 0 saturated carbocycles. The predicted molar refractivity (Wildman–Crippen MR) is 86.1 cm³/mol. The number of hydrogen-bond acceptors (Lipinski definition) is 6. The van der Waals surface area contributed by atoms with E-state index in [0.29, 0.717) is 24.8 Å². The molecule has 0 aliphatic heterocycles. The highest BCUT2D eigenvalue weighted by molar-refractivity contribution is 5.74. The van der Waals surface area contributed by atoms with Crippen LogP contribution in [0, 0.1) is 0 Å². The second-order valence-electron chi connectivity index (χ2n) is 5.19. The van der Waals surface area contributed by atoms with Gasteiger partial charge in [-0.05, 0) is 30.7 Å². The van der Waals surface area contributed by atoms with Gasteiger partial charge in [0.1, 0.15) is 5.75 Å². The van der Waals surface area contributed by atoms with Crippen molar-refractivity contribution in [2.75, 3.05) is 18.6 Å². The minimum atomic E-state index is -0.347. The van der Waals surface area contributed by atoms with E-state index in [4.69, 9.17) is 15.0 Å². The molecule has 7 heteroatoms. The van der Waals surface area contributed by atoms with Gasteiger partial charge in [0, 0.05) is 25.1 Å². The van der Waals surface area contributed by atoms with Crippen LogP contribution in [0.4, 0.5) is 5.69 Å². The number of nitrogens with two attached hydrogens (primary N) is 1. The molecule has 1 aromatic heterocycles. The number of hydrogen-bond donors (Lipinski definition) is 1. The first-order chi connectivity index (χ1) is 11.1. The predicted octanol–water partition coefficient (Wildman–Crippen LogP) is 1.91. The lowest BCUT2D eigenvalue weighted by molar-refractivity contribution is -0.117. The van der Waals surface area contributed by atoms with Gasteiger partial charge in [0.15, 0.2) is 5.82 Å². The molecule has 0 unspecified atom stereocenters. The van der Waals surface area contributed by atoms with Gasteiger partial charge < -0.3 is 19.9 Å². The summed E-state index contributed by atoms with van der Waals surface area (Å²) in [5.41, 5.74) is 6.20. The fourth-order valence-corrected chi connectivity index (χ4v) is 2.18. The number of methoxy groups -OCH3 is 1. The lowest BCUT2D eigenvalue weighted by atomic mass is 10.2. The van der Waals surface area contributed by atoms with Crippen molar-refractivity contribution in [3.8, 4) is 5.75 Å². The Kier molecular flexibility index (Phi) is 5.96. The average molecular weight is 318 g/mol. The Morgan fingerprint density at radius 2 is 2.09 bits per heavy atom. The molecule has 0 aliphatic carbocycles. The number of aromatic nitrogens is 2. The maximum absolute atomic E-state index is 11.1. The van der Waals surface area contributed by atoms with Crippen LogP contribution in [0.2, 0.25) is 0 Å². The topological polar surface area (TPSA) is 94.5 Å². The van der Waals surface area contributed by atoms with Crippen molar-refractivity contribution in [1.82, 2.24) is 10.1 Å². The van der Waals surface area contributed by atoms with Crippen molar-refractivity contribution in [2.45, 2.75) is 32.7 Å². The van der Waals surface area contributed by atoms with E-state index in [1.807, 2.05) is 29.2 Å². The van der Waals surface area contributed by atoms with Gasteiger partial charge >= 0.3 is 0 Å². The minimum absolute atomic E-state index is 0.252. The number of aryl methyl sites for hydroxylation is 1. The van der Waals surface area contributed by atoms with Gasteiger partial charge in [-0.1, -0.05) is 12.1 Å². The van der Waals surface area contributed by atoms with Gasteiger partial charge in [-0.2, -0.15) is 4.98 Å². The third-order valence-corrected chi connectivity index (χ3v) is 3.38. The number of benzene rings is 1. The fourth-order valence-electron chi connectivity index (χ4n) is 2.18. The third-order valence-electron chi connectivity index (χ3n) is 3.38. The Morgan fingerprint density at radius 3 is 2.70 bits per heavy atom. The van der Waals surface area contributed by atoms with Crippen LogP contribution in [0.25, 0.3) is 0 Å². The summed E-state index contributed by atoms with van der Waals surface area (Å²) in [4.78, 5) is 17.4. The van der Waals surface area contributed by atoms with E-state index in [2.05, 4.69) is 17.1 Å². The van der Waals surface area contributed by atoms with E-state index in [1.165, 1.54) is 0 Å². The SMILES string of the molecule is CCCc1noc(CN(CCC(N)=O)c2ccc(OC)cc2)n1. The number of ether oxygens (including phenoxy) is 1. The standard InChI is InChI=1S/C16H22N4O3/c1-3-4-15-18-16(23-19-15)11-20(10-9-14(17)21)12-5-7-13(22-2)8-6-12/h5-8H,3-4,9-11H2,1-2H3,(H2,17,21). The lowest BCUT2D eigenvalue weighted by Gasteiger charge is -2.22. The summed E-state index contributed by atoms with van der Waals surface area (Å²) in [6, 6.07) is 7.57. The molecule has 2 aromatic rings. The van der Waals surface area contributed by atoms with Gasteiger partial charge in [-0.15, -0.1) is 0 Å². The Labute approximate surface area is 135 Å². The van der Waals surface area contributed by atoms with Crippen LogP contribution in [0.15, 0.2) is 28.8 Å². The fraction of sp³-hybridized carbons (Fsp3) is 0.438. The molecule has 0 bridgehead atoms. The van der Waals surface area contributed by atoms with E-state index in [-0.39, 0.29) is 12.3 Å². The highest BCUT2D eigenvalue weighted by Crippen LogP contribution is 2.21. The quantitative estimate of drug-likeness (QED) is 0.759. The van der Waals surface area contributed by atoms with Crippen LogP contribution in [-0.4, -0.2) is 29.7 Å². The summed E-state index contributed by atoms with van der Waals surface area (Å²) in [6.07, 6.45) is 2.00. The number of anilines is 1. The molecular weight excluding hydrogens is 296 g/mol. The largest absolute Gasteiger partial charge is 0.497 e. The van der Waals surface area contributed by atoms with Crippen molar-refractivity contribution < 1.29 is 14.1 Å². The molecule has 1 heterocycles. The number of primary amides is 1. The molecule has 0 fully saturated rings. The van der Waals surface area contributed by atoms with Gasteiger partial charge in [-0.25, -0.2) is 0 Å². The molecule has 124 valence electrons. The molecule has 1 aromatic carbocycles. The van der Waals surface area contributed by atoms with Crippen LogP contribution < -0.4 is 15.4 Å². The van der Waals surface area contributed by atoms with Crippen LogP contribution >= 0.6 is 0 Å². The molecule has 0 aliphatic rings. The molecule has 0 atom stereocenters. The highest BCUT2D eigenvalue weighted by atomic mass is 16.5. The highest BCUT2D eigenvalue weighted by Gasteiger charge is 2.14. The zero-order valence-corrected chi connectivity index (χ0v) is 13.5. The second kappa shape index (κ2) is 8.17. The molecule has 0 saturated heterocycles. The second-order valence-corrected chi connectivity index (χ2v) is 5.19. The average Bonchev–Trinajstić information content (AvgIpc) is 2.99. The Balaban J connectivity index is 2.12. The molecular formula is C16H22N4O3. The normalized spacial score (nSPS) is 10.5. The number of nitrogens with zero attached hydrogens (tertiary/aromatic N) is 3. The molecule has 0 spiro atoms. The third kappa shape index (κ3) is 4.98. The zero-order valence-electron chi connectivity index (χ0n) is 13.5. The Morgan fingerprint density at radius 1 is 1.35 bits per heavy atom. The maximum atomic E-state index is 11.1. The number of carbonyl (C=O) groups is 1. The minimum Gasteiger partial charge on any atom is -0.497 e. The number of amides is 1. The maximum Gasteiger partial charge on any atom is 0.246 e. The van der Waals surface area contributed by atoms with Crippen molar-refractivity contribution in [2.24, 2.45) is 5.73 Å². The van der Waals surface area contributed by atoms with Gasteiger partial charge in [-0.3, -0.25) is 4.79 Å². The first-order valence-electron chi connectivity index (χ1n) is 7.61.